The molecule has 1 aromatic carbocycles. The number of hydrogen-bond acceptors (Lipinski definition) is 2. The first-order valence-electron chi connectivity index (χ1n) is 6.99. The minimum Gasteiger partial charge on any atom is -0.342 e. The quantitative estimate of drug-likeness (QED) is 0.896. The molecule has 3 rings (SSSR count). The number of nitrogens with zero attached hydrogens (tertiary/aromatic N) is 1. The number of carbonyl (C=O) groups is 1. The van der Waals surface area contributed by atoms with E-state index in [-0.39, 0.29) is 5.91 Å². The first-order chi connectivity index (χ1) is 9.56. The fourth-order valence-electron chi connectivity index (χ4n) is 2.33. The van der Waals surface area contributed by atoms with Crippen molar-refractivity contribution in [2.24, 2.45) is 0 Å². The topological polar surface area (TPSA) is 57.8 Å². The molecule has 1 fully saturated rings. The Morgan fingerprint density at radius 2 is 2.00 bits per heavy atom. The van der Waals surface area contributed by atoms with E-state index >= 15 is 0 Å². The van der Waals surface area contributed by atoms with Crippen LogP contribution in [0.5, 0.6) is 0 Å². The highest BCUT2D eigenvalue weighted by molar-refractivity contribution is 5.93. The standard InChI is InChI=1S/C16H19N3O/c1-16(2,12-6-4-3-5-7-12)17-15(20)14-10-13(18-19-14)11-8-9-11/h3-7,10-11H,8-9H2,1-2H3,(H,17,20)(H,18,19). The molecule has 0 aliphatic heterocycles. The van der Waals surface area contributed by atoms with Crippen LogP contribution < -0.4 is 5.32 Å². The van der Waals surface area contributed by atoms with Gasteiger partial charge >= 0.3 is 0 Å². The van der Waals surface area contributed by atoms with Gasteiger partial charge in [0.15, 0.2) is 0 Å². The molecule has 0 atom stereocenters. The average molecular weight is 269 g/mol. The van der Waals surface area contributed by atoms with Crippen LogP contribution in [0, 0.1) is 0 Å². The molecule has 4 nitrogen and oxygen atoms in total. The van der Waals surface area contributed by atoms with Crippen LogP contribution in [-0.2, 0) is 5.54 Å². The molecule has 1 aliphatic rings. The van der Waals surface area contributed by atoms with Gasteiger partial charge in [-0.15, -0.1) is 0 Å². The summed E-state index contributed by atoms with van der Waals surface area (Å²) in [4.78, 5) is 12.3. The minimum absolute atomic E-state index is 0.137. The maximum absolute atomic E-state index is 12.3. The normalized spacial score (nSPS) is 15.1. The van der Waals surface area contributed by atoms with Crippen molar-refractivity contribution in [3.63, 3.8) is 0 Å². The summed E-state index contributed by atoms with van der Waals surface area (Å²) in [5.41, 5.74) is 2.20. The van der Waals surface area contributed by atoms with E-state index in [1.165, 1.54) is 12.8 Å². The molecule has 2 aromatic rings. The Morgan fingerprint density at radius 1 is 1.30 bits per heavy atom. The van der Waals surface area contributed by atoms with Crippen LogP contribution in [-0.4, -0.2) is 16.1 Å². The maximum atomic E-state index is 12.3. The number of carbonyl (C=O) groups excluding carboxylic acids is 1. The van der Waals surface area contributed by atoms with Gasteiger partial charge in [0.05, 0.1) is 5.54 Å². The summed E-state index contributed by atoms with van der Waals surface area (Å²) in [6, 6.07) is 11.8. The van der Waals surface area contributed by atoms with Crippen molar-refractivity contribution in [2.75, 3.05) is 0 Å². The lowest BCUT2D eigenvalue weighted by Gasteiger charge is -2.26. The molecule has 104 valence electrons. The highest BCUT2D eigenvalue weighted by Crippen LogP contribution is 2.39. The predicted molar refractivity (Wildman–Crippen MR) is 77.5 cm³/mol. The Bertz CT molecular complexity index is 612. The second-order valence-corrected chi connectivity index (χ2v) is 5.93. The summed E-state index contributed by atoms with van der Waals surface area (Å²) in [6.07, 6.45) is 2.39. The van der Waals surface area contributed by atoms with Crippen LogP contribution in [0.4, 0.5) is 0 Å². The van der Waals surface area contributed by atoms with Crippen LogP contribution in [0.25, 0.3) is 0 Å². The third kappa shape index (κ3) is 2.59. The summed E-state index contributed by atoms with van der Waals surface area (Å²) >= 11 is 0. The van der Waals surface area contributed by atoms with E-state index in [9.17, 15) is 4.79 Å². The molecular weight excluding hydrogens is 250 g/mol. The first-order valence-corrected chi connectivity index (χ1v) is 6.99. The van der Waals surface area contributed by atoms with Gasteiger partial charge < -0.3 is 5.32 Å². The zero-order valence-corrected chi connectivity index (χ0v) is 11.8. The van der Waals surface area contributed by atoms with Crippen LogP contribution in [0.15, 0.2) is 36.4 Å². The van der Waals surface area contributed by atoms with Crippen LogP contribution >= 0.6 is 0 Å². The Kier molecular flexibility index (Phi) is 3.08. The Labute approximate surface area is 118 Å². The van der Waals surface area contributed by atoms with E-state index in [4.69, 9.17) is 0 Å². The molecular formula is C16H19N3O. The van der Waals surface area contributed by atoms with Gasteiger partial charge in [0.25, 0.3) is 5.91 Å². The van der Waals surface area contributed by atoms with Crippen LogP contribution in [0.1, 0.15) is 54.4 Å². The molecule has 1 aliphatic carbocycles. The molecule has 0 saturated heterocycles. The largest absolute Gasteiger partial charge is 0.342 e. The number of aromatic amines is 1. The number of H-pyrrole nitrogens is 1. The van der Waals surface area contributed by atoms with Gasteiger partial charge in [-0.1, -0.05) is 30.3 Å². The van der Waals surface area contributed by atoms with Crippen LogP contribution in [0.2, 0.25) is 0 Å². The molecule has 1 aromatic heterocycles. The van der Waals surface area contributed by atoms with E-state index in [1.54, 1.807) is 0 Å². The second kappa shape index (κ2) is 4.78. The number of hydrogen-bond donors (Lipinski definition) is 2. The van der Waals surface area contributed by atoms with E-state index in [2.05, 4.69) is 15.5 Å². The second-order valence-electron chi connectivity index (χ2n) is 5.93. The monoisotopic (exact) mass is 269 g/mol. The minimum atomic E-state index is -0.420. The van der Waals surface area contributed by atoms with E-state index in [0.717, 1.165) is 11.3 Å². The Balaban J connectivity index is 1.74. The van der Waals surface area contributed by atoms with Crippen LogP contribution in [0.3, 0.4) is 0 Å². The van der Waals surface area contributed by atoms with Crippen molar-refractivity contribution in [2.45, 2.75) is 38.1 Å². The van der Waals surface area contributed by atoms with Crippen molar-refractivity contribution >= 4 is 5.91 Å². The highest BCUT2D eigenvalue weighted by Gasteiger charge is 2.28. The Hall–Kier alpha value is -2.10. The van der Waals surface area contributed by atoms with E-state index in [0.29, 0.717) is 11.6 Å². The third-order valence-electron chi connectivity index (χ3n) is 3.77. The van der Waals surface area contributed by atoms with E-state index in [1.807, 2.05) is 50.2 Å². The fourth-order valence-corrected chi connectivity index (χ4v) is 2.33. The average Bonchev–Trinajstić information content (AvgIpc) is 3.17. The fraction of sp³-hybridized carbons (Fsp3) is 0.375. The van der Waals surface area contributed by atoms with Gasteiger partial charge in [0.1, 0.15) is 5.69 Å². The number of rotatable bonds is 4. The van der Waals surface area contributed by atoms with Crippen molar-refractivity contribution < 1.29 is 4.79 Å². The van der Waals surface area contributed by atoms with E-state index < -0.39 is 5.54 Å². The molecule has 20 heavy (non-hydrogen) atoms. The lowest BCUT2D eigenvalue weighted by molar-refractivity contribution is 0.0907. The van der Waals surface area contributed by atoms with Crippen molar-refractivity contribution in [3.05, 3.63) is 53.3 Å². The molecule has 1 heterocycles. The summed E-state index contributed by atoms with van der Waals surface area (Å²) in [6.45, 7) is 3.99. The summed E-state index contributed by atoms with van der Waals surface area (Å²) in [5.74, 6) is 0.438. The van der Waals surface area contributed by atoms with Gasteiger partial charge in [-0.25, -0.2) is 0 Å². The number of nitrogens with one attached hydrogen (secondary N) is 2. The number of benzene rings is 1. The number of aromatic nitrogens is 2. The maximum Gasteiger partial charge on any atom is 0.272 e. The molecule has 0 spiro atoms. The SMILES string of the molecule is CC(C)(NC(=O)c1cc(C2CC2)[nH]n1)c1ccccc1. The summed E-state index contributed by atoms with van der Waals surface area (Å²) in [5, 5.41) is 10.1. The zero-order chi connectivity index (χ0) is 14.2. The van der Waals surface area contributed by atoms with Crippen molar-refractivity contribution in [1.29, 1.82) is 0 Å². The van der Waals surface area contributed by atoms with Gasteiger partial charge in [-0.2, -0.15) is 5.10 Å². The molecule has 1 amide bonds. The summed E-state index contributed by atoms with van der Waals surface area (Å²) < 4.78 is 0. The smallest absolute Gasteiger partial charge is 0.272 e. The molecule has 1 saturated carbocycles. The molecule has 0 unspecified atom stereocenters. The molecule has 0 radical (unpaired) electrons. The lowest BCUT2D eigenvalue weighted by Crippen LogP contribution is -2.41. The van der Waals surface area contributed by atoms with Gasteiger partial charge in [0, 0.05) is 11.6 Å². The van der Waals surface area contributed by atoms with Crippen molar-refractivity contribution in [1.82, 2.24) is 15.5 Å². The van der Waals surface area contributed by atoms with Crippen molar-refractivity contribution in [3.8, 4) is 0 Å². The highest BCUT2D eigenvalue weighted by atomic mass is 16.2. The van der Waals surface area contributed by atoms with Gasteiger partial charge in [-0.05, 0) is 38.3 Å². The molecule has 4 heteroatoms. The zero-order valence-electron chi connectivity index (χ0n) is 11.8. The lowest BCUT2D eigenvalue weighted by atomic mass is 9.94. The third-order valence-corrected chi connectivity index (χ3v) is 3.77. The molecule has 2 N–H and O–H groups in total. The summed E-state index contributed by atoms with van der Waals surface area (Å²) in [7, 11) is 0. The number of amides is 1. The Morgan fingerprint density at radius 3 is 2.65 bits per heavy atom. The van der Waals surface area contributed by atoms with Gasteiger partial charge in [0.2, 0.25) is 0 Å². The first kappa shape index (κ1) is 12.9. The van der Waals surface area contributed by atoms with Gasteiger partial charge in [-0.3, -0.25) is 9.89 Å². The predicted octanol–water partition coefficient (Wildman–Crippen LogP) is 2.95. The molecule has 0 bridgehead atoms.